The zero-order chi connectivity index (χ0) is 26.2. The smallest absolute Gasteiger partial charge is 0.250 e. The molecule has 2 unspecified atom stereocenters. The topological polar surface area (TPSA) is 68.4 Å². The van der Waals surface area contributed by atoms with Crippen LogP contribution in [0.1, 0.15) is 44.7 Å². The van der Waals surface area contributed by atoms with Crippen molar-refractivity contribution in [3.8, 4) is 0 Å². The van der Waals surface area contributed by atoms with E-state index in [4.69, 9.17) is 11.6 Å². The van der Waals surface area contributed by atoms with Crippen LogP contribution in [0.3, 0.4) is 0 Å². The molecule has 1 aliphatic heterocycles. The molecule has 0 bridgehead atoms. The van der Waals surface area contributed by atoms with Crippen molar-refractivity contribution < 1.29 is 9.59 Å². The highest BCUT2D eigenvalue weighted by molar-refractivity contribution is 6.30. The van der Waals surface area contributed by atoms with Crippen molar-refractivity contribution in [3.05, 3.63) is 64.8 Å². The second-order valence-electron chi connectivity index (χ2n) is 11.3. The molecule has 2 aromatic carbocycles. The maximum absolute atomic E-state index is 14.4. The Morgan fingerprint density at radius 1 is 1.19 bits per heavy atom. The van der Waals surface area contributed by atoms with Crippen LogP contribution >= 0.6 is 11.6 Å². The summed E-state index contributed by atoms with van der Waals surface area (Å²) in [6, 6.07) is 13.1. The SMILES string of the molecule is CC(c1c[nH]c2ccccc12)C(NC(=O)C(C)(C)C)C(=O)N1C[C@@H](CN(C)C)Cc2cc(Cl)ccc21. The first-order valence-corrected chi connectivity index (χ1v) is 12.9. The van der Waals surface area contributed by atoms with Gasteiger partial charge in [0.25, 0.3) is 0 Å². The fraction of sp³-hybridized carbons (Fsp3) is 0.448. The molecule has 3 aromatic rings. The molecule has 3 atom stereocenters. The third-order valence-corrected chi connectivity index (χ3v) is 7.25. The summed E-state index contributed by atoms with van der Waals surface area (Å²) >= 11 is 6.34. The summed E-state index contributed by atoms with van der Waals surface area (Å²) < 4.78 is 0. The number of aromatic nitrogens is 1. The molecule has 0 saturated carbocycles. The Balaban J connectivity index is 1.75. The summed E-state index contributed by atoms with van der Waals surface area (Å²) in [5.74, 6) is -0.231. The number of nitrogens with zero attached hydrogens (tertiary/aromatic N) is 2. The first-order valence-electron chi connectivity index (χ1n) is 12.6. The summed E-state index contributed by atoms with van der Waals surface area (Å²) in [5.41, 5.74) is 3.34. The molecule has 2 amide bonds. The molecule has 1 aliphatic rings. The van der Waals surface area contributed by atoms with E-state index in [1.54, 1.807) is 0 Å². The number of anilines is 1. The average Bonchev–Trinajstić information content (AvgIpc) is 3.24. The van der Waals surface area contributed by atoms with E-state index in [-0.39, 0.29) is 23.7 Å². The molecule has 6 nitrogen and oxygen atoms in total. The predicted molar refractivity (Wildman–Crippen MR) is 148 cm³/mol. The average molecular weight is 509 g/mol. The highest BCUT2D eigenvalue weighted by atomic mass is 35.5. The molecule has 2 N–H and O–H groups in total. The van der Waals surface area contributed by atoms with Crippen LogP contribution in [0.5, 0.6) is 0 Å². The number of hydrogen-bond donors (Lipinski definition) is 2. The molecule has 2 heterocycles. The molecule has 0 aliphatic carbocycles. The lowest BCUT2D eigenvalue weighted by Gasteiger charge is -2.39. The highest BCUT2D eigenvalue weighted by Gasteiger charge is 2.38. The highest BCUT2D eigenvalue weighted by Crippen LogP contribution is 2.35. The van der Waals surface area contributed by atoms with Gasteiger partial charge in [-0.1, -0.05) is 57.5 Å². The van der Waals surface area contributed by atoms with Crippen LogP contribution in [-0.4, -0.2) is 54.9 Å². The lowest BCUT2D eigenvalue weighted by atomic mass is 9.87. The van der Waals surface area contributed by atoms with E-state index in [9.17, 15) is 9.59 Å². The number of carbonyl (C=O) groups excluding carboxylic acids is 2. The molecule has 0 spiro atoms. The van der Waals surface area contributed by atoms with Gasteiger partial charge in [0.2, 0.25) is 11.8 Å². The van der Waals surface area contributed by atoms with Crippen LogP contribution in [0, 0.1) is 11.3 Å². The van der Waals surface area contributed by atoms with Crippen molar-refractivity contribution in [1.82, 2.24) is 15.2 Å². The maximum atomic E-state index is 14.4. The van der Waals surface area contributed by atoms with E-state index in [1.807, 2.05) is 89.3 Å². The summed E-state index contributed by atoms with van der Waals surface area (Å²) in [4.78, 5) is 34.9. The number of aromatic amines is 1. The van der Waals surface area contributed by atoms with Crippen LogP contribution in [0.4, 0.5) is 5.69 Å². The van der Waals surface area contributed by atoms with Crippen molar-refractivity contribution in [2.75, 3.05) is 32.1 Å². The monoisotopic (exact) mass is 508 g/mol. The Morgan fingerprint density at radius 3 is 2.61 bits per heavy atom. The predicted octanol–water partition coefficient (Wildman–Crippen LogP) is 5.22. The molecule has 0 radical (unpaired) electrons. The van der Waals surface area contributed by atoms with E-state index in [2.05, 4.69) is 21.3 Å². The Bertz CT molecular complexity index is 1260. The first kappa shape index (κ1) is 26.2. The third kappa shape index (κ3) is 5.45. The summed E-state index contributed by atoms with van der Waals surface area (Å²) in [7, 11) is 4.09. The van der Waals surface area contributed by atoms with E-state index >= 15 is 0 Å². The number of H-pyrrole nitrogens is 1. The molecule has 0 fully saturated rings. The minimum Gasteiger partial charge on any atom is -0.361 e. The van der Waals surface area contributed by atoms with Crippen molar-refractivity contribution in [1.29, 1.82) is 0 Å². The number of hydrogen-bond acceptors (Lipinski definition) is 3. The fourth-order valence-corrected chi connectivity index (χ4v) is 5.33. The zero-order valence-corrected chi connectivity index (χ0v) is 22.8. The van der Waals surface area contributed by atoms with Gasteiger partial charge in [-0.3, -0.25) is 9.59 Å². The van der Waals surface area contributed by atoms with Crippen LogP contribution in [0.25, 0.3) is 10.9 Å². The van der Waals surface area contributed by atoms with Gasteiger partial charge in [-0.15, -0.1) is 0 Å². The number of halogens is 1. The van der Waals surface area contributed by atoms with Crippen LogP contribution in [0.2, 0.25) is 5.02 Å². The zero-order valence-electron chi connectivity index (χ0n) is 22.1. The summed E-state index contributed by atoms with van der Waals surface area (Å²) in [5, 5.41) is 4.85. The van der Waals surface area contributed by atoms with E-state index in [0.29, 0.717) is 11.6 Å². The second-order valence-corrected chi connectivity index (χ2v) is 11.8. The lowest BCUT2D eigenvalue weighted by molar-refractivity contribution is -0.133. The van der Waals surface area contributed by atoms with Crippen molar-refractivity contribution >= 4 is 40.0 Å². The van der Waals surface area contributed by atoms with Crippen LogP contribution in [-0.2, 0) is 16.0 Å². The number of carbonyl (C=O) groups is 2. The number of amides is 2. The van der Waals surface area contributed by atoms with Crippen LogP contribution in [0.15, 0.2) is 48.7 Å². The Kier molecular flexibility index (Phi) is 7.48. The number of nitrogens with one attached hydrogen (secondary N) is 2. The largest absolute Gasteiger partial charge is 0.361 e. The molecular weight excluding hydrogens is 472 g/mol. The van der Waals surface area contributed by atoms with Gasteiger partial charge in [0.05, 0.1) is 0 Å². The molecule has 192 valence electrons. The van der Waals surface area contributed by atoms with Gasteiger partial charge >= 0.3 is 0 Å². The van der Waals surface area contributed by atoms with Gasteiger partial charge in [-0.2, -0.15) is 0 Å². The molecule has 4 rings (SSSR count). The summed E-state index contributed by atoms with van der Waals surface area (Å²) in [6.45, 7) is 9.06. The van der Waals surface area contributed by atoms with Gasteiger partial charge in [-0.25, -0.2) is 0 Å². The molecule has 7 heteroatoms. The van der Waals surface area contributed by atoms with E-state index in [1.165, 1.54) is 0 Å². The Hall–Kier alpha value is -2.83. The fourth-order valence-electron chi connectivity index (χ4n) is 5.14. The molecule has 36 heavy (non-hydrogen) atoms. The van der Waals surface area contributed by atoms with Gasteiger partial charge in [0.1, 0.15) is 6.04 Å². The normalized spacial score (nSPS) is 17.7. The van der Waals surface area contributed by atoms with Gasteiger partial charge in [0.15, 0.2) is 0 Å². The quantitative estimate of drug-likeness (QED) is 0.479. The van der Waals surface area contributed by atoms with Gasteiger partial charge < -0.3 is 20.1 Å². The third-order valence-electron chi connectivity index (χ3n) is 7.02. The maximum Gasteiger partial charge on any atom is 0.250 e. The Labute approximate surface area is 219 Å². The molecule has 1 aromatic heterocycles. The first-order chi connectivity index (χ1) is 17.0. The van der Waals surface area contributed by atoms with Crippen molar-refractivity contribution in [3.63, 3.8) is 0 Å². The van der Waals surface area contributed by atoms with E-state index in [0.717, 1.165) is 40.7 Å². The standard InChI is InChI=1S/C29H37ClN4O2/c1-18(23-15-31-24-10-8-7-9-22(23)24)26(32-28(36)29(2,3)4)27(35)34-17-19(16-33(5)6)13-20-14-21(30)11-12-25(20)34/h7-12,14-15,18-19,26,31H,13,16-17H2,1-6H3,(H,32,36)/t18?,19-,26?/m1/s1. The number of para-hydroxylation sites is 1. The number of benzene rings is 2. The minimum absolute atomic E-state index is 0.0996. The van der Waals surface area contributed by atoms with Gasteiger partial charge in [-0.05, 0) is 61.8 Å². The van der Waals surface area contributed by atoms with Gasteiger partial charge in [0, 0.05) is 52.2 Å². The number of fused-ring (bicyclic) bond motifs is 2. The number of rotatable bonds is 6. The van der Waals surface area contributed by atoms with E-state index < -0.39 is 11.5 Å². The van der Waals surface area contributed by atoms with Crippen LogP contribution < -0.4 is 10.2 Å². The lowest BCUT2D eigenvalue weighted by Crippen LogP contribution is -2.55. The van der Waals surface area contributed by atoms with Crippen molar-refractivity contribution in [2.24, 2.45) is 11.3 Å². The minimum atomic E-state index is -0.724. The van der Waals surface area contributed by atoms with Crippen molar-refractivity contribution in [2.45, 2.75) is 46.1 Å². The Morgan fingerprint density at radius 2 is 1.92 bits per heavy atom. The molecule has 0 saturated heterocycles. The second kappa shape index (κ2) is 10.3. The summed E-state index contributed by atoms with van der Waals surface area (Å²) in [6.07, 6.45) is 2.81. The molecular formula is C29H37ClN4O2.